The molecule has 3 aromatic rings. The summed E-state index contributed by atoms with van der Waals surface area (Å²) in [5.41, 5.74) is 6.78. The van der Waals surface area contributed by atoms with E-state index in [1.165, 1.54) is 5.56 Å². The van der Waals surface area contributed by atoms with Gasteiger partial charge in [0.2, 0.25) is 0 Å². The lowest BCUT2D eigenvalue weighted by Crippen LogP contribution is -2.47. The van der Waals surface area contributed by atoms with E-state index in [-0.39, 0.29) is 30.5 Å². The molecule has 5 rings (SSSR count). The van der Waals surface area contributed by atoms with Crippen molar-refractivity contribution < 1.29 is 18.6 Å². The van der Waals surface area contributed by atoms with Gasteiger partial charge in [-0.25, -0.2) is 0 Å². The maximum Gasteiger partial charge on any atom is 0.493 e. The van der Waals surface area contributed by atoms with E-state index >= 15 is 0 Å². The zero-order valence-electron chi connectivity index (χ0n) is 24.5. The molecule has 2 saturated heterocycles. The predicted octanol–water partition coefficient (Wildman–Crippen LogP) is 5.99. The highest BCUT2D eigenvalue weighted by Gasteiger charge is 2.34. The van der Waals surface area contributed by atoms with Gasteiger partial charge in [0.25, 0.3) is 0 Å². The Morgan fingerprint density at radius 3 is 1.15 bits per heavy atom. The summed E-state index contributed by atoms with van der Waals surface area (Å²) in [4.78, 5) is 2.28. The van der Waals surface area contributed by atoms with Crippen LogP contribution in [0.15, 0.2) is 72.8 Å². The van der Waals surface area contributed by atoms with E-state index in [1.54, 1.807) is 0 Å². The quantitative estimate of drug-likeness (QED) is 0.383. The lowest BCUT2D eigenvalue weighted by Gasteiger charge is -2.33. The van der Waals surface area contributed by atoms with Crippen molar-refractivity contribution in [1.29, 1.82) is 0 Å². The summed E-state index contributed by atoms with van der Waals surface area (Å²) >= 11 is 0. The van der Waals surface area contributed by atoms with Gasteiger partial charge in [0.1, 0.15) is 0 Å². The molecule has 2 aliphatic rings. The number of benzene rings is 3. The third kappa shape index (κ3) is 6.60. The van der Waals surface area contributed by atoms with Crippen molar-refractivity contribution in [3.8, 4) is 0 Å². The van der Waals surface area contributed by atoms with Crippen LogP contribution in [0.3, 0.4) is 0 Å². The molecule has 3 aromatic carbocycles. The lowest BCUT2D eigenvalue weighted by molar-refractivity contribution is 0.0342. The number of hydrogen-bond donors (Lipinski definition) is 0. The third-order valence-electron chi connectivity index (χ3n) is 7.34. The molecule has 2 aliphatic heterocycles. The lowest BCUT2D eigenvalue weighted by atomic mass is 9.75. The van der Waals surface area contributed by atoms with E-state index in [0.717, 1.165) is 28.0 Å². The first-order chi connectivity index (χ1) is 18.4. The van der Waals surface area contributed by atoms with Gasteiger partial charge in [-0.1, -0.05) is 84.9 Å². The van der Waals surface area contributed by atoms with Gasteiger partial charge in [-0.05, 0) is 58.3 Å². The fourth-order valence-corrected chi connectivity index (χ4v) is 4.89. The summed E-state index contributed by atoms with van der Waals surface area (Å²) in [7, 11) is -0.655. The molecule has 0 amide bonds. The van der Waals surface area contributed by atoms with Gasteiger partial charge in [0.05, 0.1) is 0 Å². The standard InChI is InChI=1S/C32H41B2NO4/c1-30(2,3)24-8-14-27(15-9-24)35(28-16-10-25(11-17-28)33-36-20-31(4,5)21-37-33)29-18-12-26(13-19-29)34-38-22-32(6,7)23-39-34/h8-19H,20-23H2,1-7H3. The molecule has 2 heterocycles. The van der Waals surface area contributed by atoms with E-state index in [9.17, 15) is 0 Å². The van der Waals surface area contributed by atoms with Crippen LogP contribution in [-0.2, 0) is 24.0 Å². The van der Waals surface area contributed by atoms with E-state index in [2.05, 4.69) is 126 Å². The molecule has 0 radical (unpaired) electrons. The van der Waals surface area contributed by atoms with Crippen molar-refractivity contribution in [3.63, 3.8) is 0 Å². The van der Waals surface area contributed by atoms with Gasteiger partial charge in [-0.2, -0.15) is 0 Å². The summed E-state index contributed by atoms with van der Waals surface area (Å²) in [5, 5.41) is 0. The normalized spacial score (nSPS) is 19.2. The first-order valence-electron chi connectivity index (χ1n) is 14.0. The largest absolute Gasteiger partial charge is 0.493 e. The molecule has 7 heteroatoms. The minimum atomic E-state index is -0.327. The van der Waals surface area contributed by atoms with Crippen LogP contribution in [0.2, 0.25) is 0 Å². The van der Waals surface area contributed by atoms with Crippen molar-refractivity contribution in [1.82, 2.24) is 0 Å². The van der Waals surface area contributed by atoms with Gasteiger partial charge in [0, 0.05) is 54.3 Å². The van der Waals surface area contributed by atoms with E-state index < -0.39 is 0 Å². The first-order valence-corrected chi connectivity index (χ1v) is 14.0. The van der Waals surface area contributed by atoms with Crippen LogP contribution < -0.4 is 15.8 Å². The highest BCUT2D eigenvalue weighted by Crippen LogP contribution is 2.35. The zero-order valence-corrected chi connectivity index (χ0v) is 24.5. The molecule has 0 aromatic heterocycles. The Hall–Kier alpha value is -2.57. The van der Waals surface area contributed by atoms with Gasteiger partial charge in [0.15, 0.2) is 0 Å². The number of nitrogens with zero attached hydrogens (tertiary/aromatic N) is 1. The fourth-order valence-electron chi connectivity index (χ4n) is 4.89. The van der Waals surface area contributed by atoms with Crippen LogP contribution in [0, 0.1) is 10.8 Å². The molecule has 0 atom stereocenters. The monoisotopic (exact) mass is 525 g/mol. The highest BCUT2D eigenvalue weighted by molar-refractivity contribution is 6.61. The zero-order chi connectivity index (χ0) is 27.8. The molecule has 0 N–H and O–H groups in total. The molecular formula is C32H41B2NO4. The van der Waals surface area contributed by atoms with Crippen molar-refractivity contribution in [3.05, 3.63) is 78.4 Å². The highest BCUT2D eigenvalue weighted by atomic mass is 16.6. The Balaban J connectivity index is 1.43. The molecule has 0 saturated carbocycles. The van der Waals surface area contributed by atoms with Crippen molar-refractivity contribution >= 4 is 42.2 Å². The van der Waals surface area contributed by atoms with E-state index in [0.29, 0.717) is 26.4 Å². The summed E-state index contributed by atoms with van der Waals surface area (Å²) in [5.74, 6) is 0. The Morgan fingerprint density at radius 2 is 0.846 bits per heavy atom. The second-order valence-corrected chi connectivity index (χ2v) is 13.6. The minimum Gasteiger partial charge on any atom is -0.407 e. The average molecular weight is 525 g/mol. The van der Waals surface area contributed by atoms with Crippen LogP contribution in [0.5, 0.6) is 0 Å². The van der Waals surface area contributed by atoms with Crippen molar-refractivity contribution in [2.24, 2.45) is 10.8 Å². The Kier molecular flexibility index (Phi) is 7.73. The van der Waals surface area contributed by atoms with E-state index in [1.807, 2.05) is 0 Å². The summed E-state index contributed by atoms with van der Waals surface area (Å²) < 4.78 is 24.1. The number of anilines is 3. The predicted molar refractivity (Wildman–Crippen MR) is 162 cm³/mol. The van der Waals surface area contributed by atoms with E-state index in [4.69, 9.17) is 18.6 Å². The third-order valence-corrected chi connectivity index (χ3v) is 7.34. The van der Waals surface area contributed by atoms with Crippen LogP contribution in [0.4, 0.5) is 17.1 Å². The number of rotatable bonds is 5. The summed E-state index contributed by atoms with van der Waals surface area (Å²) in [6.45, 7) is 18.1. The smallest absolute Gasteiger partial charge is 0.407 e. The van der Waals surface area contributed by atoms with Gasteiger partial charge < -0.3 is 23.5 Å². The molecule has 0 bridgehead atoms. The first kappa shape index (κ1) is 28.0. The molecule has 0 spiro atoms. The van der Waals surface area contributed by atoms with Crippen molar-refractivity contribution in [2.45, 2.75) is 53.9 Å². The molecule has 39 heavy (non-hydrogen) atoms. The number of hydrogen-bond acceptors (Lipinski definition) is 5. The second-order valence-electron chi connectivity index (χ2n) is 13.6. The molecule has 0 aliphatic carbocycles. The Morgan fingerprint density at radius 1 is 0.538 bits per heavy atom. The van der Waals surface area contributed by atoms with Gasteiger partial charge in [-0.15, -0.1) is 0 Å². The van der Waals surface area contributed by atoms with Gasteiger partial charge in [-0.3, -0.25) is 0 Å². The maximum atomic E-state index is 6.02. The Labute approximate surface area is 235 Å². The summed E-state index contributed by atoms with van der Waals surface area (Å²) in [6.07, 6.45) is 0. The fraction of sp³-hybridized carbons (Fsp3) is 0.438. The topological polar surface area (TPSA) is 40.2 Å². The minimum absolute atomic E-state index is 0.0442. The molecule has 2 fully saturated rings. The summed E-state index contributed by atoms with van der Waals surface area (Å²) in [6, 6.07) is 25.8. The van der Waals surface area contributed by atoms with Crippen LogP contribution in [0.1, 0.15) is 54.0 Å². The second kappa shape index (κ2) is 10.8. The SMILES string of the molecule is CC1(C)COB(c2ccc(N(c3ccc(B4OCC(C)(C)CO4)cc3)c3ccc(C(C)(C)C)cc3)cc2)OC1. The van der Waals surface area contributed by atoms with Crippen LogP contribution in [0.25, 0.3) is 0 Å². The van der Waals surface area contributed by atoms with Crippen molar-refractivity contribution in [2.75, 3.05) is 31.3 Å². The Bertz CT molecular complexity index is 1160. The maximum absolute atomic E-state index is 6.02. The van der Waals surface area contributed by atoms with Crippen LogP contribution >= 0.6 is 0 Å². The van der Waals surface area contributed by atoms with Gasteiger partial charge >= 0.3 is 14.2 Å². The molecule has 5 nitrogen and oxygen atoms in total. The average Bonchev–Trinajstić information content (AvgIpc) is 2.90. The van der Waals surface area contributed by atoms with Crippen LogP contribution in [-0.4, -0.2) is 40.7 Å². The molecule has 204 valence electrons. The molecule has 0 unspecified atom stereocenters. The molecular weight excluding hydrogens is 484 g/mol.